The van der Waals surface area contributed by atoms with Crippen molar-refractivity contribution in [2.75, 3.05) is 23.3 Å². The van der Waals surface area contributed by atoms with Gasteiger partial charge < -0.3 is 15.5 Å². The summed E-state index contributed by atoms with van der Waals surface area (Å²) in [6.07, 6.45) is 3.76. The van der Waals surface area contributed by atoms with Gasteiger partial charge in [0.1, 0.15) is 0 Å². The molecule has 1 aliphatic rings. The van der Waals surface area contributed by atoms with Crippen LogP contribution in [-0.2, 0) is 0 Å². The van der Waals surface area contributed by atoms with Gasteiger partial charge in [0.05, 0.1) is 6.20 Å². The maximum absolute atomic E-state index is 6.02. The van der Waals surface area contributed by atoms with Crippen LogP contribution < -0.4 is 15.5 Å². The molecular formula is C20H19BrClN5S. The molecule has 0 amide bonds. The fourth-order valence-corrected chi connectivity index (χ4v) is 4.26. The Morgan fingerprint density at radius 3 is 2.79 bits per heavy atom. The molecule has 1 fully saturated rings. The van der Waals surface area contributed by atoms with Gasteiger partial charge >= 0.3 is 0 Å². The van der Waals surface area contributed by atoms with Crippen molar-refractivity contribution in [3.63, 3.8) is 0 Å². The number of nitrogens with zero attached hydrogens (tertiary/aromatic N) is 3. The first-order chi connectivity index (χ1) is 13.6. The molecule has 5 nitrogen and oxygen atoms in total. The van der Waals surface area contributed by atoms with Crippen molar-refractivity contribution in [1.82, 2.24) is 15.5 Å². The van der Waals surface area contributed by atoms with Gasteiger partial charge in [-0.2, -0.15) is 5.10 Å². The highest BCUT2D eigenvalue weighted by atomic mass is 79.9. The van der Waals surface area contributed by atoms with Crippen LogP contribution in [-0.4, -0.2) is 34.4 Å². The van der Waals surface area contributed by atoms with Crippen LogP contribution in [0.15, 0.2) is 53.1 Å². The summed E-state index contributed by atoms with van der Waals surface area (Å²) in [5, 5.41) is 18.7. The Hall–Kier alpha value is -1.96. The largest absolute Gasteiger partial charge is 0.360 e. The number of halogens is 2. The summed E-state index contributed by atoms with van der Waals surface area (Å²) in [5.41, 5.74) is 0.888. The molecule has 0 unspecified atom stereocenters. The topological polar surface area (TPSA) is 53.1 Å². The Morgan fingerprint density at radius 1 is 1.18 bits per heavy atom. The van der Waals surface area contributed by atoms with Gasteiger partial charge in [-0.25, -0.2) is 0 Å². The van der Waals surface area contributed by atoms with Crippen LogP contribution in [0.2, 0.25) is 5.02 Å². The zero-order valence-corrected chi connectivity index (χ0v) is 18.2. The van der Waals surface area contributed by atoms with Gasteiger partial charge in [-0.3, -0.25) is 0 Å². The zero-order chi connectivity index (χ0) is 19.5. The van der Waals surface area contributed by atoms with Crippen LogP contribution in [0.4, 0.5) is 11.5 Å². The summed E-state index contributed by atoms with van der Waals surface area (Å²) in [6.45, 7) is 1.80. The lowest BCUT2D eigenvalue weighted by Crippen LogP contribution is -2.46. The van der Waals surface area contributed by atoms with E-state index < -0.39 is 0 Å². The van der Waals surface area contributed by atoms with Crippen LogP contribution in [0, 0.1) is 0 Å². The Kier molecular flexibility index (Phi) is 5.94. The Bertz CT molecular complexity index is 1010. The lowest BCUT2D eigenvalue weighted by molar-refractivity contribution is 0.466. The number of rotatable bonds is 3. The van der Waals surface area contributed by atoms with E-state index in [2.05, 4.69) is 53.8 Å². The van der Waals surface area contributed by atoms with Crippen LogP contribution in [0.25, 0.3) is 10.8 Å². The van der Waals surface area contributed by atoms with Crippen LogP contribution in [0.5, 0.6) is 0 Å². The molecule has 0 saturated carbocycles. The van der Waals surface area contributed by atoms with Gasteiger partial charge in [0.15, 0.2) is 10.9 Å². The van der Waals surface area contributed by atoms with Crippen LogP contribution in [0.1, 0.15) is 12.8 Å². The number of fused-ring (bicyclic) bond motifs is 1. The third-order valence-corrected chi connectivity index (χ3v) is 5.77. The van der Waals surface area contributed by atoms with Crippen LogP contribution in [0.3, 0.4) is 0 Å². The smallest absolute Gasteiger partial charge is 0.170 e. The molecule has 2 N–H and O–H groups in total. The van der Waals surface area contributed by atoms with E-state index in [0.29, 0.717) is 16.2 Å². The number of benzene rings is 2. The third kappa shape index (κ3) is 4.54. The van der Waals surface area contributed by atoms with Crippen molar-refractivity contribution >= 4 is 67.1 Å². The van der Waals surface area contributed by atoms with Crippen molar-refractivity contribution in [1.29, 1.82) is 0 Å². The highest BCUT2D eigenvalue weighted by Crippen LogP contribution is 2.28. The molecule has 4 rings (SSSR count). The minimum absolute atomic E-state index is 0.324. The average molecular weight is 477 g/mol. The van der Waals surface area contributed by atoms with Crippen molar-refractivity contribution in [3.8, 4) is 0 Å². The van der Waals surface area contributed by atoms with Crippen molar-refractivity contribution < 1.29 is 0 Å². The molecule has 0 radical (unpaired) electrons. The van der Waals surface area contributed by atoms with Gasteiger partial charge in [-0.05, 0) is 55.4 Å². The predicted octanol–water partition coefficient (Wildman–Crippen LogP) is 5.00. The lowest BCUT2D eigenvalue weighted by Gasteiger charge is -2.34. The maximum atomic E-state index is 6.02. The number of anilines is 2. The first-order valence-electron chi connectivity index (χ1n) is 9.07. The molecule has 3 aromatic rings. The van der Waals surface area contributed by atoms with E-state index in [-0.39, 0.29) is 0 Å². The third-order valence-electron chi connectivity index (χ3n) is 4.82. The van der Waals surface area contributed by atoms with Gasteiger partial charge in [-0.1, -0.05) is 39.7 Å². The molecule has 2 heterocycles. The number of hydrogen-bond donors (Lipinski definition) is 2. The van der Waals surface area contributed by atoms with E-state index in [1.165, 1.54) is 0 Å². The first-order valence-corrected chi connectivity index (χ1v) is 10.7. The predicted molar refractivity (Wildman–Crippen MR) is 123 cm³/mol. The number of aromatic nitrogens is 2. The van der Waals surface area contributed by atoms with E-state index in [0.717, 1.165) is 52.7 Å². The average Bonchev–Trinajstić information content (AvgIpc) is 2.68. The van der Waals surface area contributed by atoms with Crippen molar-refractivity contribution in [2.45, 2.75) is 18.9 Å². The molecule has 1 aliphatic heterocycles. The van der Waals surface area contributed by atoms with Crippen molar-refractivity contribution in [2.24, 2.45) is 0 Å². The molecule has 2 aromatic carbocycles. The fraction of sp³-hybridized carbons (Fsp3) is 0.250. The summed E-state index contributed by atoms with van der Waals surface area (Å²) in [5.74, 6) is 0.942. The normalized spacial score (nSPS) is 14.9. The van der Waals surface area contributed by atoms with E-state index in [9.17, 15) is 0 Å². The van der Waals surface area contributed by atoms with E-state index in [4.69, 9.17) is 23.8 Å². The van der Waals surface area contributed by atoms with E-state index in [1.54, 1.807) is 6.20 Å². The molecular weight excluding hydrogens is 458 g/mol. The second-order valence-electron chi connectivity index (χ2n) is 6.77. The fourth-order valence-electron chi connectivity index (χ4n) is 3.42. The highest BCUT2D eigenvalue weighted by Gasteiger charge is 2.22. The Balaban J connectivity index is 1.37. The maximum Gasteiger partial charge on any atom is 0.170 e. The number of nitrogens with one attached hydrogen (secondary N) is 2. The summed E-state index contributed by atoms with van der Waals surface area (Å²) in [6, 6.07) is 14.1. The first kappa shape index (κ1) is 19.4. The van der Waals surface area contributed by atoms with E-state index in [1.807, 2.05) is 30.3 Å². The molecule has 28 heavy (non-hydrogen) atoms. The van der Waals surface area contributed by atoms with Gasteiger partial charge in [0.2, 0.25) is 0 Å². The molecule has 8 heteroatoms. The SMILES string of the molecule is S=C(Nc1cccc(Cl)c1)NC1CCN(c2nncc3ccc(Br)cc23)CC1. The second kappa shape index (κ2) is 8.59. The van der Waals surface area contributed by atoms with Crippen LogP contribution >= 0.6 is 39.7 Å². The van der Waals surface area contributed by atoms with E-state index >= 15 is 0 Å². The number of thiocarbonyl (C=S) groups is 1. The minimum Gasteiger partial charge on any atom is -0.360 e. The summed E-state index contributed by atoms with van der Waals surface area (Å²) in [7, 11) is 0. The highest BCUT2D eigenvalue weighted by molar-refractivity contribution is 9.10. The van der Waals surface area contributed by atoms with Gasteiger partial charge in [0.25, 0.3) is 0 Å². The number of piperidine rings is 1. The molecule has 144 valence electrons. The lowest BCUT2D eigenvalue weighted by atomic mass is 10.0. The summed E-state index contributed by atoms with van der Waals surface area (Å²) < 4.78 is 1.04. The molecule has 0 atom stereocenters. The Labute approximate surface area is 182 Å². The second-order valence-corrected chi connectivity index (χ2v) is 8.53. The molecule has 0 aliphatic carbocycles. The monoisotopic (exact) mass is 475 g/mol. The molecule has 1 saturated heterocycles. The quantitative estimate of drug-likeness (QED) is 0.519. The standard InChI is InChI=1S/C20H19BrClN5S/c21-14-5-4-13-12-23-26-19(18(13)10-14)27-8-6-16(7-9-27)24-20(28)25-17-3-1-2-15(22)11-17/h1-5,10-12,16H,6-9H2,(H2,24,25,28). The molecule has 1 aromatic heterocycles. The number of hydrogen-bond acceptors (Lipinski definition) is 4. The molecule has 0 spiro atoms. The zero-order valence-electron chi connectivity index (χ0n) is 15.0. The minimum atomic E-state index is 0.324. The molecule has 0 bridgehead atoms. The Morgan fingerprint density at radius 2 is 2.00 bits per heavy atom. The van der Waals surface area contributed by atoms with Gasteiger partial charge in [0, 0.05) is 45.1 Å². The van der Waals surface area contributed by atoms with Gasteiger partial charge in [-0.15, -0.1) is 5.10 Å². The summed E-state index contributed by atoms with van der Waals surface area (Å²) in [4.78, 5) is 2.30. The summed E-state index contributed by atoms with van der Waals surface area (Å²) >= 11 is 15.0. The van der Waals surface area contributed by atoms with Crippen molar-refractivity contribution in [3.05, 3.63) is 58.2 Å².